The minimum atomic E-state index is -0.492. The summed E-state index contributed by atoms with van der Waals surface area (Å²) in [5.74, 6) is -0.793. The van der Waals surface area contributed by atoms with E-state index in [1.807, 2.05) is 0 Å². The number of ether oxygens (including phenoxy) is 1. The Bertz CT molecular complexity index is 1080. The second-order valence-electron chi connectivity index (χ2n) is 6.43. The van der Waals surface area contributed by atoms with Crippen LogP contribution in [0.5, 0.6) is 5.88 Å². The van der Waals surface area contributed by atoms with E-state index in [2.05, 4.69) is 9.97 Å². The van der Waals surface area contributed by atoms with Gasteiger partial charge in [0.05, 0.1) is 6.54 Å². The molecule has 1 amide bonds. The van der Waals surface area contributed by atoms with E-state index in [9.17, 15) is 9.18 Å². The molecule has 0 fully saturated rings. The lowest BCUT2D eigenvalue weighted by Crippen LogP contribution is -2.36. The van der Waals surface area contributed by atoms with Crippen LogP contribution in [0.25, 0.3) is 11.1 Å². The second kappa shape index (κ2) is 7.09. The Kier molecular flexibility index (Phi) is 4.60. The van der Waals surface area contributed by atoms with E-state index in [0.29, 0.717) is 21.8 Å². The van der Waals surface area contributed by atoms with Crippen molar-refractivity contribution in [3.8, 4) is 17.0 Å². The highest BCUT2D eigenvalue weighted by Crippen LogP contribution is 2.34. The lowest BCUT2D eigenvalue weighted by atomic mass is 10.0. The maximum Gasteiger partial charge on any atom is 0.267 e. The minimum Gasteiger partial charge on any atom is -0.472 e. The Labute approximate surface area is 165 Å². The standard InChI is InChI=1S/C20H16ClFN4O2/c1-11-9-26(20(27)17-18(23)24-10-25-19(17)28-11)12-6-7-14(16(22)8-12)13-4-2-3-5-15(13)21/h2-8,10-11H,9H2,1H3,(H2,23,24,25)/t11-/m1/s1. The van der Waals surface area contributed by atoms with Crippen LogP contribution in [0.1, 0.15) is 17.3 Å². The van der Waals surface area contributed by atoms with Crippen molar-refractivity contribution >= 4 is 29.0 Å². The molecule has 0 saturated carbocycles. The Hall–Kier alpha value is -3.19. The van der Waals surface area contributed by atoms with Gasteiger partial charge in [-0.05, 0) is 31.2 Å². The van der Waals surface area contributed by atoms with Crippen LogP contribution in [-0.4, -0.2) is 28.5 Å². The average molecular weight is 399 g/mol. The third-order valence-electron chi connectivity index (χ3n) is 4.48. The van der Waals surface area contributed by atoms with Crippen LogP contribution in [0.3, 0.4) is 0 Å². The van der Waals surface area contributed by atoms with Gasteiger partial charge in [0.15, 0.2) is 0 Å². The predicted octanol–water partition coefficient (Wildman–Crippen LogP) is 3.95. The quantitative estimate of drug-likeness (QED) is 0.707. The monoisotopic (exact) mass is 398 g/mol. The van der Waals surface area contributed by atoms with Crippen molar-refractivity contribution in [3.63, 3.8) is 0 Å². The van der Waals surface area contributed by atoms with E-state index in [1.54, 1.807) is 43.3 Å². The molecule has 0 spiro atoms. The lowest BCUT2D eigenvalue weighted by molar-refractivity contribution is 0.0988. The molecule has 8 heteroatoms. The number of anilines is 2. The summed E-state index contributed by atoms with van der Waals surface area (Å²) in [7, 11) is 0. The van der Waals surface area contributed by atoms with Gasteiger partial charge in [-0.15, -0.1) is 0 Å². The number of hydrogen-bond acceptors (Lipinski definition) is 5. The van der Waals surface area contributed by atoms with Gasteiger partial charge in [0.1, 0.15) is 29.6 Å². The number of nitrogen functional groups attached to an aromatic ring is 1. The lowest BCUT2D eigenvalue weighted by Gasteiger charge is -2.23. The first-order chi connectivity index (χ1) is 13.5. The van der Waals surface area contributed by atoms with E-state index in [0.717, 1.165) is 0 Å². The first kappa shape index (κ1) is 18.2. The van der Waals surface area contributed by atoms with Crippen molar-refractivity contribution in [1.29, 1.82) is 0 Å². The summed E-state index contributed by atoms with van der Waals surface area (Å²) in [6.07, 6.45) is 0.868. The van der Waals surface area contributed by atoms with Crippen molar-refractivity contribution in [2.24, 2.45) is 0 Å². The van der Waals surface area contributed by atoms with Gasteiger partial charge in [-0.1, -0.05) is 29.8 Å². The maximum atomic E-state index is 14.9. The van der Waals surface area contributed by atoms with Crippen molar-refractivity contribution in [1.82, 2.24) is 9.97 Å². The fourth-order valence-corrected chi connectivity index (χ4v) is 3.41. The van der Waals surface area contributed by atoms with Gasteiger partial charge in [0.2, 0.25) is 5.88 Å². The molecule has 28 heavy (non-hydrogen) atoms. The van der Waals surface area contributed by atoms with Crippen LogP contribution in [0, 0.1) is 5.82 Å². The molecule has 1 aromatic heterocycles. The normalized spacial score (nSPS) is 16.3. The molecular weight excluding hydrogens is 383 g/mol. The molecule has 142 valence electrons. The molecule has 2 heterocycles. The van der Waals surface area contributed by atoms with Crippen molar-refractivity contribution in [2.45, 2.75) is 13.0 Å². The molecule has 2 aromatic carbocycles. The zero-order valence-electron chi connectivity index (χ0n) is 14.9. The van der Waals surface area contributed by atoms with Crippen molar-refractivity contribution < 1.29 is 13.9 Å². The highest BCUT2D eigenvalue weighted by Gasteiger charge is 2.31. The molecule has 2 N–H and O–H groups in total. The predicted molar refractivity (Wildman–Crippen MR) is 105 cm³/mol. The Morgan fingerprint density at radius 1 is 1.21 bits per heavy atom. The fourth-order valence-electron chi connectivity index (χ4n) is 3.17. The molecule has 0 saturated heterocycles. The summed E-state index contributed by atoms with van der Waals surface area (Å²) >= 11 is 6.18. The molecule has 1 atom stereocenters. The van der Waals surface area contributed by atoms with Crippen LogP contribution in [0.4, 0.5) is 15.9 Å². The number of nitrogens with zero attached hydrogens (tertiary/aromatic N) is 3. The minimum absolute atomic E-state index is 0.0160. The fraction of sp³-hybridized carbons (Fsp3) is 0.150. The first-order valence-corrected chi connectivity index (χ1v) is 8.97. The van der Waals surface area contributed by atoms with E-state index in [-0.39, 0.29) is 29.9 Å². The van der Waals surface area contributed by atoms with E-state index >= 15 is 0 Å². The number of carbonyl (C=O) groups is 1. The van der Waals surface area contributed by atoms with E-state index in [1.165, 1.54) is 17.3 Å². The molecule has 4 rings (SSSR count). The number of fused-ring (bicyclic) bond motifs is 1. The van der Waals surface area contributed by atoms with Gasteiger partial charge in [-0.25, -0.2) is 14.4 Å². The van der Waals surface area contributed by atoms with Gasteiger partial charge in [0, 0.05) is 21.8 Å². The van der Waals surface area contributed by atoms with E-state index < -0.39 is 11.7 Å². The Morgan fingerprint density at radius 3 is 2.75 bits per heavy atom. The number of hydrogen-bond donors (Lipinski definition) is 1. The van der Waals surface area contributed by atoms with Gasteiger partial charge in [0.25, 0.3) is 5.91 Å². The van der Waals surface area contributed by atoms with Gasteiger partial charge in [-0.2, -0.15) is 0 Å². The molecule has 0 aliphatic carbocycles. The smallest absolute Gasteiger partial charge is 0.267 e. The number of nitrogens with two attached hydrogens (primary N) is 1. The topological polar surface area (TPSA) is 81.3 Å². The maximum absolute atomic E-state index is 14.9. The molecule has 0 radical (unpaired) electrons. The number of amides is 1. The van der Waals surface area contributed by atoms with Gasteiger partial charge >= 0.3 is 0 Å². The van der Waals surface area contributed by atoms with Crippen LogP contribution >= 0.6 is 11.6 Å². The van der Waals surface area contributed by atoms with Crippen molar-refractivity contribution in [2.75, 3.05) is 17.2 Å². The van der Waals surface area contributed by atoms with Gasteiger partial charge in [-0.3, -0.25) is 4.79 Å². The van der Waals surface area contributed by atoms with Crippen molar-refractivity contribution in [3.05, 3.63) is 65.2 Å². The summed E-state index contributed by atoms with van der Waals surface area (Å²) in [6.45, 7) is 2.00. The molecule has 1 aliphatic rings. The largest absolute Gasteiger partial charge is 0.472 e. The molecule has 0 bridgehead atoms. The van der Waals surface area contributed by atoms with Gasteiger partial charge < -0.3 is 15.4 Å². The zero-order chi connectivity index (χ0) is 19.8. The number of halogens is 2. The van der Waals surface area contributed by atoms with Crippen LogP contribution in [-0.2, 0) is 0 Å². The molecule has 3 aromatic rings. The highest BCUT2D eigenvalue weighted by atomic mass is 35.5. The first-order valence-electron chi connectivity index (χ1n) is 8.59. The van der Waals surface area contributed by atoms with E-state index in [4.69, 9.17) is 22.1 Å². The summed E-state index contributed by atoms with van der Waals surface area (Å²) in [5, 5.41) is 0.445. The summed E-state index contributed by atoms with van der Waals surface area (Å²) < 4.78 is 20.6. The molecule has 6 nitrogen and oxygen atoms in total. The Balaban J connectivity index is 1.77. The SMILES string of the molecule is C[C@@H]1CN(c2ccc(-c3ccccc3Cl)c(F)c2)C(=O)c2c(N)ncnc2O1. The number of benzene rings is 2. The third-order valence-corrected chi connectivity index (χ3v) is 4.81. The zero-order valence-corrected chi connectivity index (χ0v) is 15.7. The molecular formula is C20H16ClFN4O2. The van der Waals surface area contributed by atoms with Crippen LogP contribution in [0.2, 0.25) is 5.02 Å². The Morgan fingerprint density at radius 2 is 2.00 bits per heavy atom. The molecule has 1 aliphatic heterocycles. The number of carbonyl (C=O) groups excluding carboxylic acids is 1. The highest BCUT2D eigenvalue weighted by molar-refractivity contribution is 6.33. The number of rotatable bonds is 2. The van der Waals surface area contributed by atoms with Crippen LogP contribution < -0.4 is 15.4 Å². The summed E-state index contributed by atoms with van der Waals surface area (Å²) in [4.78, 5) is 22.3. The molecule has 0 unspecified atom stereocenters. The summed E-state index contributed by atoms with van der Waals surface area (Å²) in [5.41, 5.74) is 7.25. The number of aromatic nitrogens is 2. The second-order valence-corrected chi connectivity index (χ2v) is 6.83. The van der Waals surface area contributed by atoms with Crippen LogP contribution in [0.15, 0.2) is 48.8 Å². The third kappa shape index (κ3) is 3.14. The summed E-state index contributed by atoms with van der Waals surface area (Å²) in [6, 6.07) is 11.6. The average Bonchev–Trinajstić information content (AvgIpc) is 2.79.